The minimum Gasteiger partial charge on any atom is -0.486 e. The molecule has 0 radical (unpaired) electrons. The van der Waals surface area contributed by atoms with Gasteiger partial charge in [0.1, 0.15) is 12.7 Å². The standard InChI is InChI=1S/C23H22N2O5S/c1-25(31(27,28)20-7-3-2-4-8-20)18-13-11-17(12-14-18)23(26)24-15-19-16-29-21-9-5-6-10-22(21)30-19/h2-14,19H,15-16H2,1H3,(H,24,26)/t19-/m1/s1. The fourth-order valence-electron chi connectivity index (χ4n) is 3.18. The summed E-state index contributed by atoms with van der Waals surface area (Å²) in [5.41, 5.74) is 0.882. The summed E-state index contributed by atoms with van der Waals surface area (Å²) in [5, 5.41) is 2.83. The van der Waals surface area contributed by atoms with Gasteiger partial charge >= 0.3 is 0 Å². The lowest BCUT2D eigenvalue weighted by Gasteiger charge is -2.26. The van der Waals surface area contributed by atoms with E-state index in [1.165, 1.54) is 11.4 Å². The van der Waals surface area contributed by atoms with Crippen molar-refractivity contribution in [2.24, 2.45) is 0 Å². The van der Waals surface area contributed by atoms with E-state index in [0.717, 1.165) is 0 Å². The van der Waals surface area contributed by atoms with Crippen LogP contribution in [0.1, 0.15) is 10.4 Å². The molecular formula is C23H22N2O5S. The van der Waals surface area contributed by atoms with E-state index in [1.54, 1.807) is 54.6 Å². The smallest absolute Gasteiger partial charge is 0.264 e. The molecule has 1 aliphatic heterocycles. The highest BCUT2D eigenvalue weighted by molar-refractivity contribution is 7.92. The number of fused-ring (bicyclic) bond motifs is 1. The normalized spacial score (nSPS) is 15.2. The number of carbonyl (C=O) groups is 1. The maximum atomic E-state index is 12.7. The minimum absolute atomic E-state index is 0.204. The minimum atomic E-state index is -3.67. The fourth-order valence-corrected chi connectivity index (χ4v) is 4.40. The van der Waals surface area contributed by atoms with Crippen molar-refractivity contribution in [3.63, 3.8) is 0 Å². The number of sulfonamides is 1. The lowest BCUT2D eigenvalue weighted by atomic mass is 10.2. The van der Waals surface area contributed by atoms with Crippen molar-refractivity contribution in [3.8, 4) is 11.5 Å². The predicted octanol–water partition coefficient (Wildman–Crippen LogP) is 3.08. The summed E-state index contributed by atoms with van der Waals surface area (Å²) in [6.07, 6.45) is -0.291. The number of carbonyl (C=O) groups excluding carboxylic acids is 1. The molecule has 7 nitrogen and oxygen atoms in total. The van der Waals surface area contributed by atoms with Gasteiger partial charge in [0.25, 0.3) is 15.9 Å². The SMILES string of the molecule is CN(c1ccc(C(=O)NC[C@@H]2COc3ccccc3O2)cc1)S(=O)(=O)c1ccccc1. The lowest BCUT2D eigenvalue weighted by Crippen LogP contribution is -2.40. The monoisotopic (exact) mass is 438 g/mol. The highest BCUT2D eigenvalue weighted by Gasteiger charge is 2.23. The number of ether oxygens (including phenoxy) is 2. The van der Waals surface area contributed by atoms with Crippen LogP contribution in [0.4, 0.5) is 5.69 Å². The maximum Gasteiger partial charge on any atom is 0.264 e. The van der Waals surface area contributed by atoms with Crippen molar-refractivity contribution < 1.29 is 22.7 Å². The van der Waals surface area contributed by atoms with Gasteiger partial charge in [0.15, 0.2) is 11.5 Å². The summed E-state index contributed by atoms with van der Waals surface area (Å²) in [4.78, 5) is 12.7. The number of anilines is 1. The summed E-state index contributed by atoms with van der Waals surface area (Å²) in [6.45, 7) is 0.635. The van der Waals surface area contributed by atoms with Crippen molar-refractivity contribution in [2.45, 2.75) is 11.0 Å². The van der Waals surface area contributed by atoms with Gasteiger partial charge in [-0.05, 0) is 48.5 Å². The number of para-hydroxylation sites is 2. The summed E-state index contributed by atoms with van der Waals surface area (Å²) in [5.74, 6) is 1.07. The summed E-state index contributed by atoms with van der Waals surface area (Å²) in [7, 11) is -2.19. The molecule has 0 saturated heterocycles. The Morgan fingerprint density at radius 2 is 1.61 bits per heavy atom. The van der Waals surface area contributed by atoms with Crippen molar-refractivity contribution in [1.82, 2.24) is 5.32 Å². The van der Waals surface area contributed by atoms with Gasteiger partial charge in [0.05, 0.1) is 17.1 Å². The van der Waals surface area contributed by atoms with Crippen LogP contribution in [-0.4, -0.2) is 40.6 Å². The predicted molar refractivity (Wildman–Crippen MR) is 117 cm³/mol. The molecule has 4 rings (SSSR count). The third kappa shape index (κ3) is 4.49. The zero-order valence-corrected chi connectivity index (χ0v) is 17.7. The van der Waals surface area contributed by atoms with Gasteiger partial charge < -0.3 is 14.8 Å². The van der Waals surface area contributed by atoms with E-state index < -0.39 is 10.0 Å². The zero-order chi connectivity index (χ0) is 21.8. The van der Waals surface area contributed by atoms with E-state index in [-0.39, 0.29) is 23.5 Å². The molecule has 0 fully saturated rings. The van der Waals surface area contributed by atoms with E-state index in [4.69, 9.17) is 9.47 Å². The van der Waals surface area contributed by atoms with Gasteiger partial charge in [-0.25, -0.2) is 8.42 Å². The zero-order valence-electron chi connectivity index (χ0n) is 16.9. The van der Waals surface area contributed by atoms with E-state index in [2.05, 4.69) is 5.32 Å². The Bertz CT molecular complexity index is 1160. The number of amides is 1. The molecule has 0 unspecified atom stereocenters. The molecule has 1 atom stereocenters. The Morgan fingerprint density at radius 3 is 2.32 bits per heavy atom. The maximum absolute atomic E-state index is 12.7. The highest BCUT2D eigenvalue weighted by atomic mass is 32.2. The van der Waals surface area contributed by atoms with Gasteiger partial charge in [-0.15, -0.1) is 0 Å². The van der Waals surface area contributed by atoms with Gasteiger partial charge in [0, 0.05) is 12.6 Å². The van der Waals surface area contributed by atoms with Gasteiger partial charge in [-0.3, -0.25) is 9.10 Å². The molecule has 31 heavy (non-hydrogen) atoms. The fraction of sp³-hybridized carbons (Fsp3) is 0.174. The summed E-state index contributed by atoms with van der Waals surface area (Å²) >= 11 is 0. The second kappa shape index (κ2) is 8.69. The highest BCUT2D eigenvalue weighted by Crippen LogP contribution is 2.30. The third-order valence-electron chi connectivity index (χ3n) is 4.95. The van der Waals surface area contributed by atoms with Crippen LogP contribution in [0.3, 0.4) is 0 Å². The van der Waals surface area contributed by atoms with Crippen molar-refractivity contribution in [1.29, 1.82) is 0 Å². The average molecular weight is 439 g/mol. The average Bonchev–Trinajstić information content (AvgIpc) is 2.82. The molecule has 160 valence electrons. The molecule has 0 aliphatic carbocycles. The van der Waals surface area contributed by atoms with Crippen LogP contribution in [0.5, 0.6) is 11.5 Å². The first-order valence-electron chi connectivity index (χ1n) is 9.76. The number of hydrogen-bond donors (Lipinski definition) is 1. The van der Waals surface area contributed by atoms with E-state index >= 15 is 0 Å². The van der Waals surface area contributed by atoms with Crippen LogP contribution in [0.15, 0.2) is 83.8 Å². The van der Waals surface area contributed by atoms with Gasteiger partial charge in [-0.2, -0.15) is 0 Å². The molecule has 1 aliphatic rings. The molecule has 0 saturated carbocycles. The molecule has 3 aromatic rings. The first-order chi connectivity index (χ1) is 14.9. The molecule has 1 amide bonds. The number of nitrogens with zero attached hydrogens (tertiary/aromatic N) is 1. The van der Waals surface area contributed by atoms with E-state index in [9.17, 15) is 13.2 Å². The first kappa shape index (κ1) is 20.7. The number of hydrogen-bond acceptors (Lipinski definition) is 5. The summed E-state index contributed by atoms with van der Waals surface area (Å²) < 4.78 is 38.1. The first-order valence-corrected chi connectivity index (χ1v) is 11.2. The van der Waals surface area contributed by atoms with E-state index in [1.807, 2.05) is 24.3 Å². The third-order valence-corrected chi connectivity index (χ3v) is 6.75. The topological polar surface area (TPSA) is 84.9 Å². The van der Waals surface area contributed by atoms with Crippen molar-refractivity contribution in [3.05, 3.63) is 84.4 Å². The van der Waals surface area contributed by atoms with Crippen molar-refractivity contribution >= 4 is 21.6 Å². The largest absolute Gasteiger partial charge is 0.486 e. The number of rotatable bonds is 6. The second-order valence-electron chi connectivity index (χ2n) is 7.04. The Morgan fingerprint density at radius 1 is 0.968 bits per heavy atom. The molecule has 0 spiro atoms. The molecular weight excluding hydrogens is 416 g/mol. The Labute approximate surface area is 181 Å². The Hall–Kier alpha value is -3.52. The van der Waals surface area contributed by atoms with Crippen LogP contribution in [0.2, 0.25) is 0 Å². The second-order valence-corrected chi connectivity index (χ2v) is 9.01. The number of nitrogens with one attached hydrogen (secondary N) is 1. The van der Waals surface area contributed by atoms with Crippen LogP contribution < -0.4 is 19.1 Å². The van der Waals surface area contributed by atoms with Gasteiger partial charge in [0.2, 0.25) is 0 Å². The summed E-state index contributed by atoms with van der Waals surface area (Å²) in [6, 6.07) is 22.0. The lowest BCUT2D eigenvalue weighted by molar-refractivity contribution is 0.0789. The van der Waals surface area contributed by atoms with Crippen molar-refractivity contribution in [2.75, 3.05) is 24.5 Å². The van der Waals surface area contributed by atoms with Crippen LogP contribution >= 0.6 is 0 Å². The van der Waals surface area contributed by atoms with E-state index in [0.29, 0.717) is 29.4 Å². The quantitative estimate of drug-likeness (QED) is 0.639. The molecule has 3 aromatic carbocycles. The Kier molecular flexibility index (Phi) is 5.81. The van der Waals surface area contributed by atoms with Crippen LogP contribution in [0.25, 0.3) is 0 Å². The van der Waals surface area contributed by atoms with Gasteiger partial charge in [-0.1, -0.05) is 30.3 Å². The molecule has 0 bridgehead atoms. The molecule has 1 N–H and O–H groups in total. The molecule has 8 heteroatoms. The Balaban J connectivity index is 1.37. The molecule has 1 heterocycles. The van der Waals surface area contributed by atoms with Crippen LogP contribution in [-0.2, 0) is 10.0 Å². The van der Waals surface area contributed by atoms with Crippen LogP contribution in [0, 0.1) is 0 Å². The molecule has 0 aromatic heterocycles. The number of benzene rings is 3.